The molecule has 2 amide bonds. The Morgan fingerprint density at radius 2 is 1.67 bits per heavy atom. The van der Waals surface area contributed by atoms with Gasteiger partial charge >= 0.3 is 0 Å². The fourth-order valence-corrected chi connectivity index (χ4v) is 2.91. The zero-order chi connectivity index (χ0) is 22.1. The summed E-state index contributed by atoms with van der Waals surface area (Å²) in [5.41, 5.74) is 0.869. The van der Waals surface area contributed by atoms with Gasteiger partial charge in [-0.1, -0.05) is 49.7 Å². The summed E-state index contributed by atoms with van der Waals surface area (Å²) in [6.07, 6.45) is 0. The highest BCUT2D eigenvalue weighted by atomic mass is 35.5. The highest BCUT2D eigenvalue weighted by Gasteiger charge is 2.26. The number of halogens is 1. The van der Waals surface area contributed by atoms with Gasteiger partial charge in [0.1, 0.15) is 6.04 Å². The number of benzene rings is 2. The Morgan fingerprint density at radius 3 is 2.27 bits per heavy atom. The number of amides is 2. The van der Waals surface area contributed by atoms with Crippen LogP contribution in [0.2, 0.25) is 5.02 Å². The first-order chi connectivity index (χ1) is 14.3. The average molecular weight is 433 g/mol. The third-order valence-electron chi connectivity index (χ3n) is 4.54. The van der Waals surface area contributed by atoms with Crippen molar-refractivity contribution in [2.24, 2.45) is 5.92 Å². The van der Waals surface area contributed by atoms with Crippen LogP contribution in [0, 0.1) is 5.92 Å². The molecule has 2 aromatic rings. The molecular formula is C23H29ClN2O4. The smallest absolute Gasteiger partial charge is 0.261 e. The van der Waals surface area contributed by atoms with Crippen molar-refractivity contribution in [3.8, 4) is 11.5 Å². The molecule has 0 aliphatic carbocycles. The number of hydrogen-bond donors (Lipinski definition) is 1. The van der Waals surface area contributed by atoms with Crippen LogP contribution in [0.4, 0.5) is 0 Å². The SMILES string of the molecule is COc1ccccc1OCC(=O)N(Cc1ccc(Cl)cc1)[C@@H](C)C(=O)NCC(C)C. The third-order valence-corrected chi connectivity index (χ3v) is 4.79. The molecule has 1 N–H and O–H groups in total. The highest BCUT2D eigenvalue weighted by Crippen LogP contribution is 2.26. The van der Waals surface area contributed by atoms with Gasteiger partial charge in [0.2, 0.25) is 5.91 Å². The van der Waals surface area contributed by atoms with Crippen LogP contribution >= 0.6 is 11.6 Å². The van der Waals surface area contributed by atoms with E-state index in [4.69, 9.17) is 21.1 Å². The summed E-state index contributed by atoms with van der Waals surface area (Å²) in [4.78, 5) is 27.2. The van der Waals surface area contributed by atoms with E-state index in [2.05, 4.69) is 5.32 Å². The number of methoxy groups -OCH3 is 1. The van der Waals surface area contributed by atoms with Crippen molar-refractivity contribution in [2.45, 2.75) is 33.4 Å². The van der Waals surface area contributed by atoms with Crippen molar-refractivity contribution in [1.29, 1.82) is 0 Å². The Balaban J connectivity index is 2.15. The highest BCUT2D eigenvalue weighted by molar-refractivity contribution is 6.30. The van der Waals surface area contributed by atoms with Crippen LogP contribution in [0.3, 0.4) is 0 Å². The zero-order valence-corrected chi connectivity index (χ0v) is 18.6. The molecule has 2 aromatic carbocycles. The minimum absolute atomic E-state index is 0.205. The Labute approximate surface area is 183 Å². The van der Waals surface area contributed by atoms with E-state index in [-0.39, 0.29) is 25.0 Å². The van der Waals surface area contributed by atoms with E-state index in [1.807, 2.05) is 32.0 Å². The van der Waals surface area contributed by atoms with Gasteiger partial charge in [-0.25, -0.2) is 0 Å². The largest absolute Gasteiger partial charge is 0.493 e. The molecule has 0 bridgehead atoms. The molecule has 0 heterocycles. The Hall–Kier alpha value is -2.73. The number of ether oxygens (including phenoxy) is 2. The lowest BCUT2D eigenvalue weighted by Gasteiger charge is -2.29. The number of nitrogens with zero attached hydrogens (tertiary/aromatic N) is 1. The van der Waals surface area contributed by atoms with Gasteiger partial charge in [0.25, 0.3) is 5.91 Å². The zero-order valence-electron chi connectivity index (χ0n) is 17.9. The van der Waals surface area contributed by atoms with Crippen LogP contribution in [0.1, 0.15) is 26.3 Å². The molecule has 0 aromatic heterocycles. The van der Waals surface area contributed by atoms with Gasteiger partial charge in [0, 0.05) is 18.1 Å². The molecule has 0 saturated heterocycles. The molecule has 2 rings (SSSR count). The lowest BCUT2D eigenvalue weighted by molar-refractivity contribution is -0.142. The fourth-order valence-electron chi connectivity index (χ4n) is 2.78. The van der Waals surface area contributed by atoms with Gasteiger partial charge in [0.15, 0.2) is 18.1 Å². The van der Waals surface area contributed by atoms with E-state index >= 15 is 0 Å². The van der Waals surface area contributed by atoms with Gasteiger partial charge in [-0.15, -0.1) is 0 Å². The Bertz CT molecular complexity index is 839. The molecule has 6 nitrogen and oxygen atoms in total. The second kappa shape index (κ2) is 11.5. The van der Waals surface area contributed by atoms with Crippen molar-refractivity contribution in [3.63, 3.8) is 0 Å². The quantitative estimate of drug-likeness (QED) is 0.618. The number of hydrogen-bond acceptors (Lipinski definition) is 4. The normalized spacial score (nSPS) is 11.7. The number of rotatable bonds is 10. The van der Waals surface area contributed by atoms with Crippen molar-refractivity contribution in [3.05, 3.63) is 59.1 Å². The molecule has 1 atom stereocenters. The van der Waals surface area contributed by atoms with Crippen LogP contribution in [0.25, 0.3) is 0 Å². The van der Waals surface area contributed by atoms with Crippen LogP contribution in [0.15, 0.2) is 48.5 Å². The summed E-state index contributed by atoms with van der Waals surface area (Å²) < 4.78 is 10.9. The van der Waals surface area contributed by atoms with E-state index in [0.29, 0.717) is 29.0 Å². The standard InChI is InChI=1S/C23H29ClN2O4/c1-16(2)13-25-23(28)17(3)26(14-18-9-11-19(24)12-10-18)22(27)15-30-21-8-6-5-7-20(21)29-4/h5-12,16-17H,13-15H2,1-4H3,(H,25,28)/t17-/m0/s1. The minimum atomic E-state index is -0.659. The molecule has 0 saturated carbocycles. The summed E-state index contributed by atoms with van der Waals surface area (Å²) in [5, 5.41) is 3.50. The summed E-state index contributed by atoms with van der Waals surface area (Å²) >= 11 is 5.96. The summed E-state index contributed by atoms with van der Waals surface area (Å²) in [5.74, 6) is 0.816. The van der Waals surface area contributed by atoms with Crippen LogP contribution in [0.5, 0.6) is 11.5 Å². The molecule has 0 aliphatic heterocycles. The maximum Gasteiger partial charge on any atom is 0.261 e. The second-order valence-electron chi connectivity index (χ2n) is 7.40. The lowest BCUT2D eigenvalue weighted by atomic mass is 10.1. The van der Waals surface area contributed by atoms with Crippen molar-refractivity contribution >= 4 is 23.4 Å². The molecule has 0 fully saturated rings. The predicted octanol–water partition coefficient (Wildman–Crippen LogP) is 3.92. The molecule has 0 aliphatic rings. The second-order valence-corrected chi connectivity index (χ2v) is 7.84. The van der Waals surface area contributed by atoms with Gasteiger partial charge in [-0.3, -0.25) is 9.59 Å². The number of carbonyl (C=O) groups excluding carboxylic acids is 2. The van der Waals surface area contributed by atoms with Crippen LogP contribution in [-0.2, 0) is 16.1 Å². The van der Waals surface area contributed by atoms with Gasteiger partial charge in [-0.05, 0) is 42.7 Å². The van der Waals surface area contributed by atoms with Crippen LogP contribution < -0.4 is 14.8 Å². The maximum absolute atomic E-state index is 13.0. The molecule has 162 valence electrons. The van der Waals surface area contributed by atoms with Gasteiger partial charge in [0.05, 0.1) is 7.11 Å². The number of nitrogens with one attached hydrogen (secondary N) is 1. The van der Waals surface area contributed by atoms with Crippen molar-refractivity contribution in [2.75, 3.05) is 20.3 Å². The average Bonchev–Trinajstić information content (AvgIpc) is 2.75. The fraction of sp³-hybridized carbons (Fsp3) is 0.391. The first-order valence-electron chi connectivity index (χ1n) is 9.89. The minimum Gasteiger partial charge on any atom is -0.493 e. The van der Waals surface area contributed by atoms with Crippen molar-refractivity contribution < 1.29 is 19.1 Å². The molecular weight excluding hydrogens is 404 g/mol. The molecule has 30 heavy (non-hydrogen) atoms. The number of para-hydroxylation sites is 2. The van der Waals surface area contributed by atoms with Gasteiger partial charge in [-0.2, -0.15) is 0 Å². The number of carbonyl (C=O) groups is 2. The monoisotopic (exact) mass is 432 g/mol. The van der Waals surface area contributed by atoms with E-state index < -0.39 is 6.04 Å². The summed E-state index contributed by atoms with van der Waals surface area (Å²) in [6.45, 7) is 6.35. The van der Waals surface area contributed by atoms with Crippen molar-refractivity contribution in [1.82, 2.24) is 10.2 Å². The lowest BCUT2D eigenvalue weighted by Crippen LogP contribution is -2.49. The van der Waals surface area contributed by atoms with Crippen LogP contribution in [-0.4, -0.2) is 43.0 Å². The summed E-state index contributed by atoms with van der Waals surface area (Å²) in [6, 6.07) is 13.6. The maximum atomic E-state index is 13.0. The topological polar surface area (TPSA) is 67.9 Å². The predicted molar refractivity (Wildman–Crippen MR) is 118 cm³/mol. The Morgan fingerprint density at radius 1 is 1.03 bits per heavy atom. The van der Waals surface area contributed by atoms with E-state index in [0.717, 1.165) is 5.56 Å². The Kier molecular flexibility index (Phi) is 8.99. The van der Waals surface area contributed by atoms with Gasteiger partial charge < -0.3 is 19.7 Å². The van der Waals surface area contributed by atoms with E-state index in [9.17, 15) is 9.59 Å². The molecule has 7 heteroatoms. The van der Waals surface area contributed by atoms with E-state index in [1.54, 1.807) is 37.3 Å². The first-order valence-corrected chi connectivity index (χ1v) is 10.3. The summed E-state index contributed by atoms with van der Waals surface area (Å²) in [7, 11) is 1.54. The van der Waals surface area contributed by atoms with E-state index in [1.165, 1.54) is 12.0 Å². The third kappa shape index (κ3) is 6.95. The molecule has 0 radical (unpaired) electrons. The first kappa shape index (κ1) is 23.5. The molecule has 0 unspecified atom stereocenters. The molecule has 0 spiro atoms.